The number of carbonyl (C=O) groups excluding carboxylic acids is 2. The summed E-state index contributed by atoms with van der Waals surface area (Å²) in [5, 5.41) is 3.03. The van der Waals surface area contributed by atoms with Crippen molar-refractivity contribution in [2.75, 3.05) is 5.32 Å². The maximum Gasteiger partial charge on any atom is 0.314 e. The first-order chi connectivity index (χ1) is 11.2. The van der Waals surface area contributed by atoms with E-state index in [1.807, 2.05) is 27.7 Å². The quantitative estimate of drug-likeness (QED) is 0.632. The Hall–Kier alpha value is -1.92. The molecule has 128 valence electrons. The normalized spacial score (nSPS) is 12.5. The second-order valence-electron chi connectivity index (χ2n) is 6.43. The molecule has 1 atom stereocenters. The first-order valence-electron chi connectivity index (χ1n) is 7.42. The van der Waals surface area contributed by atoms with Crippen molar-refractivity contribution in [1.82, 2.24) is 4.98 Å². The van der Waals surface area contributed by atoms with E-state index in [0.717, 1.165) is 11.3 Å². The second-order valence-corrected chi connectivity index (χ2v) is 8.09. The van der Waals surface area contributed by atoms with Crippen molar-refractivity contribution in [2.45, 2.75) is 27.7 Å². The number of nitrogens with zero attached hydrogens (tertiary/aromatic N) is 1. The van der Waals surface area contributed by atoms with Gasteiger partial charge in [0.15, 0.2) is 5.13 Å². The first kappa shape index (κ1) is 18.4. The van der Waals surface area contributed by atoms with E-state index in [1.165, 1.54) is 6.20 Å². The Bertz CT molecular complexity index is 752. The lowest BCUT2D eigenvalue weighted by atomic mass is 9.82. The number of nitrogens with one attached hydrogen (secondary N) is 1. The van der Waals surface area contributed by atoms with Gasteiger partial charge in [0.05, 0.1) is 17.7 Å². The van der Waals surface area contributed by atoms with E-state index in [2.05, 4.69) is 10.3 Å². The maximum absolute atomic E-state index is 12.4. The largest absolute Gasteiger partial charge is 0.425 e. The van der Waals surface area contributed by atoms with Crippen LogP contribution in [0.5, 0.6) is 5.75 Å². The fourth-order valence-electron chi connectivity index (χ4n) is 1.77. The number of hydrogen-bond donors (Lipinski definition) is 1. The Morgan fingerprint density at radius 1 is 1.29 bits per heavy atom. The molecule has 0 radical (unpaired) electrons. The van der Waals surface area contributed by atoms with E-state index in [4.69, 9.17) is 16.3 Å². The van der Waals surface area contributed by atoms with E-state index < -0.39 is 5.91 Å². The zero-order chi connectivity index (χ0) is 17.9. The summed E-state index contributed by atoms with van der Waals surface area (Å²) in [6.07, 6.45) is 1.46. The molecule has 5 nitrogen and oxygen atoms in total. The molecule has 0 fully saturated rings. The lowest BCUT2D eigenvalue weighted by molar-refractivity contribution is -0.141. The molecule has 1 heterocycles. The number of aromatic nitrogens is 1. The molecule has 0 spiro atoms. The van der Waals surface area contributed by atoms with Gasteiger partial charge in [-0.15, -0.1) is 0 Å². The summed E-state index contributed by atoms with van der Waals surface area (Å²) in [5.74, 6) is -0.877. The SMILES string of the molecule is C[C@H](C(=O)Oc1ccccc1C(=O)Nc1ncc(Cl)s1)C(C)(C)C. The van der Waals surface area contributed by atoms with Gasteiger partial charge in [-0.3, -0.25) is 14.9 Å². The van der Waals surface area contributed by atoms with Gasteiger partial charge < -0.3 is 4.74 Å². The molecule has 1 amide bonds. The highest BCUT2D eigenvalue weighted by Gasteiger charge is 2.29. The zero-order valence-electron chi connectivity index (χ0n) is 13.9. The zero-order valence-corrected chi connectivity index (χ0v) is 15.5. The lowest BCUT2D eigenvalue weighted by Crippen LogP contribution is -2.30. The smallest absolute Gasteiger partial charge is 0.314 e. The van der Waals surface area contributed by atoms with Gasteiger partial charge in [-0.2, -0.15) is 0 Å². The average molecular weight is 367 g/mol. The third kappa shape index (κ3) is 4.55. The van der Waals surface area contributed by atoms with Crippen molar-refractivity contribution in [2.24, 2.45) is 11.3 Å². The van der Waals surface area contributed by atoms with Crippen molar-refractivity contribution in [3.05, 3.63) is 40.4 Å². The number of carbonyl (C=O) groups is 2. The Balaban J connectivity index is 2.18. The van der Waals surface area contributed by atoms with Gasteiger partial charge in [0.25, 0.3) is 5.91 Å². The minimum atomic E-state index is -0.409. The summed E-state index contributed by atoms with van der Waals surface area (Å²) in [6.45, 7) is 7.69. The Kier molecular flexibility index (Phi) is 5.62. The molecule has 2 rings (SSSR count). The van der Waals surface area contributed by atoms with Gasteiger partial charge in [0.2, 0.25) is 0 Å². The van der Waals surface area contributed by atoms with Crippen LogP contribution in [-0.2, 0) is 4.79 Å². The Morgan fingerprint density at radius 3 is 2.54 bits per heavy atom. The van der Waals surface area contributed by atoms with Crippen LogP contribution in [0.2, 0.25) is 4.34 Å². The van der Waals surface area contributed by atoms with Crippen LogP contribution >= 0.6 is 22.9 Å². The molecule has 7 heteroatoms. The first-order valence-corrected chi connectivity index (χ1v) is 8.61. The van der Waals surface area contributed by atoms with Crippen LogP contribution in [0.4, 0.5) is 5.13 Å². The molecule has 0 unspecified atom stereocenters. The molecule has 1 N–H and O–H groups in total. The van der Waals surface area contributed by atoms with Crippen molar-refractivity contribution in [3.63, 3.8) is 0 Å². The summed E-state index contributed by atoms with van der Waals surface area (Å²) >= 11 is 6.96. The molecule has 0 saturated heterocycles. The monoisotopic (exact) mass is 366 g/mol. The van der Waals surface area contributed by atoms with Crippen LogP contribution in [0, 0.1) is 11.3 Å². The maximum atomic E-state index is 12.4. The van der Waals surface area contributed by atoms with Gasteiger partial charge in [-0.1, -0.05) is 62.8 Å². The summed E-state index contributed by atoms with van der Waals surface area (Å²) in [6, 6.07) is 6.60. The van der Waals surface area contributed by atoms with Gasteiger partial charge in [0.1, 0.15) is 10.1 Å². The standard InChI is InChI=1S/C17H19ClN2O3S/c1-10(17(2,3)4)15(22)23-12-8-6-5-7-11(12)14(21)20-16-19-9-13(18)24-16/h5-10H,1-4H3,(H,19,20,21)/t10-/m1/s1. The van der Waals surface area contributed by atoms with Gasteiger partial charge in [0, 0.05) is 0 Å². The number of thiazole rings is 1. The summed E-state index contributed by atoms with van der Waals surface area (Å²) in [5.41, 5.74) is 0.0321. The highest BCUT2D eigenvalue weighted by Crippen LogP contribution is 2.29. The van der Waals surface area contributed by atoms with Gasteiger partial charge in [-0.25, -0.2) is 4.98 Å². The third-order valence-electron chi connectivity index (χ3n) is 3.69. The predicted octanol–water partition coefficient (Wildman–Crippen LogP) is 4.64. The number of halogens is 1. The minimum absolute atomic E-state index is 0.221. The molecule has 24 heavy (non-hydrogen) atoms. The van der Waals surface area contributed by atoms with Crippen LogP contribution in [0.3, 0.4) is 0 Å². The molecule has 1 aromatic carbocycles. The number of para-hydroxylation sites is 1. The summed E-state index contributed by atoms with van der Waals surface area (Å²) in [4.78, 5) is 28.7. The molecule has 0 aliphatic carbocycles. The topological polar surface area (TPSA) is 68.3 Å². The second kappa shape index (κ2) is 7.32. The number of ether oxygens (including phenoxy) is 1. The average Bonchev–Trinajstić information content (AvgIpc) is 2.91. The molecule has 0 aliphatic rings. The fourth-order valence-corrected chi connectivity index (χ4v) is 2.58. The Morgan fingerprint density at radius 2 is 1.96 bits per heavy atom. The van der Waals surface area contributed by atoms with Crippen LogP contribution < -0.4 is 10.1 Å². The highest BCUT2D eigenvalue weighted by molar-refractivity contribution is 7.19. The minimum Gasteiger partial charge on any atom is -0.425 e. The van der Waals surface area contributed by atoms with E-state index in [1.54, 1.807) is 24.3 Å². The number of benzene rings is 1. The highest BCUT2D eigenvalue weighted by atomic mass is 35.5. The van der Waals surface area contributed by atoms with E-state index in [9.17, 15) is 9.59 Å². The van der Waals surface area contributed by atoms with Crippen molar-refractivity contribution in [1.29, 1.82) is 0 Å². The van der Waals surface area contributed by atoms with Crippen molar-refractivity contribution in [3.8, 4) is 5.75 Å². The fraction of sp³-hybridized carbons (Fsp3) is 0.353. The summed E-state index contributed by atoms with van der Waals surface area (Å²) < 4.78 is 5.93. The predicted molar refractivity (Wildman–Crippen MR) is 95.8 cm³/mol. The molecule has 1 aromatic heterocycles. The number of rotatable bonds is 4. The Labute approximate surface area is 150 Å². The number of anilines is 1. The number of hydrogen-bond acceptors (Lipinski definition) is 5. The summed E-state index contributed by atoms with van der Waals surface area (Å²) in [7, 11) is 0. The molecular formula is C17H19ClN2O3S. The van der Waals surface area contributed by atoms with Crippen LogP contribution in [0.25, 0.3) is 0 Å². The number of esters is 1. The molecular weight excluding hydrogens is 348 g/mol. The molecule has 2 aromatic rings. The molecule has 0 aliphatic heterocycles. The lowest BCUT2D eigenvalue weighted by Gasteiger charge is -2.25. The van der Waals surface area contributed by atoms with E-state index in [-0.39, 0.29) is 28.6 Å². The van der Waals surface area contributed by atoms with Gasteiger partial charge in [-0.05, 0) is 17.5 Å². The van der Waals surface area contributed by atoms with Crippen molar-refractivity contribution >= 4 is 39.9 Å². The van der Waals surface area contributed by atoms with Crippen molar-refractivity contribution < 1.29 is 14.3 Å². The third-order valence-corrected chi connectivity index (χ3v) is 4.72. The molecule has 0 saturated carbocycles. The van der Waals surface area contributed by atoms with E-state index in [0.29, 0.717) is 9.47 Å². The van der Waals surface area contributed by atoms with Crippen LogP contribution in [-0.4, -0.2) is 16.9 Å². The van der Waals surface area contributed by atoms with Gasteiger partial charge >= 0.3 is 5.97 Å². The van der Waals surface area contributed by atoms with E-state index >= 15 is 0 Å². The van der Waals surface area contributed by atoms with Crippen LogP contribution in [0.15, 0.2) is 30.5 Å². The number of amides is 1. The molecule has 0 bridgehead atoms. The van der Waals surface area contributed by atoms with Crippen LogP contribution in [0.1, 0.15) is 38.1 Å².